The van der Waals surface area contributed by atoms with Crippen LogP contribution in [0.1, 0.15) is 12.5 Å². The summed E-state index contributed by atoms with van der Waals surface area (Å²) in [5.41, 5.74) is 0.464. The lowest BCUT2D eigenvalue weighted by molar-refractivity contribution is 0.368. The summed E-state index contributed by atoms with van der Waals surface area (Å²) in [6.07, 6.45) is 3.38. The molecule has 0 unspecified atom stereocenters. The minimum absolute atomic E-state index is 0.0123. The molecule has 0 heterocycles. The van der Waals surface area contributed by atoms with Crippen molar-refractivity contribution < 1.29 is 14.9 Å². The second kappa shape index (κ2) is 4.24. The number of ether oxygens (including phenoxy) is 1. The molecular formula is C10H11ClO3. The Morgan fingerprint density at radius 2 is 2.07 bits per heavy atom. The molecule has 0 radical (unpaired) electrons. The Morgan fingerprint density at radius 3 is 2.57 bits per heavy atom. The molecule has 76 valence electrons. The average Bonchev–Trinajstić information content (AvgIpc) is 2.16. The zero-order valence-corrected chi connectivity index (χ0v) is 8.67. The van der Waals surface area contributed by atoms with Gasteiger partial charge in [0.05, 0.1) is 7.11 Å². The van der Waals surface area contributed by atoms with Crippen LogP contribution in [0.5, 0.6) is 17.2 Å². The van der Waals surface area contributed by atoms with E-state index in [4.69, 9.17) is 16.3 Å². The van der Waals surface area contributed by atoms with Gasteiger partial charge in [0.2, 0.25) is 0 Å². The van der Waals surface area contributed by atoms with E-state index in [0.29, 0.717) is 5.56 Å². The number of hydrogen-bond donors (Lipinski definition) is 2. The van der Waals surface area contributed by atoms with Gasteiger partial charge in [0.25, 0.3) is 0 Å². The fourth-order valence-corrected chi connectivity index (χ4v) is 1.34. The molecule has 0 saturated carbocycles. The minimum Gasteiger partial charge on any atom is -0.506 e. The molecule has 0 amide bonds. The van der Waals surface area contributed by atoms with E-state index in [0.717, 1.165) is 0 Å². The summed E-state index contributed by atoms with van der Waals surface area (Å²) in [5.74, 6) is -0.109. The zero-order valence-electron chi connectivity index (χ0n) is 7.91. The van der Waals surface area contributed by atoms with Crippen molar-refractivity contribution in [3.63, 3.8) is 0 Å². The van der Waals surface area contributed by atoms with Gasteiger partial charge in [0, 0.05) is 5.56 Å². The zero-order chi connectivity index (χ0) is 10.7. The van der Waals surface area contributed by atoms with Crippen molar-refractivity contribution in [2.75, 3.05) is 7.11 Å². The van der Waals surface area contributed by atoms with Crippen LogP contribution in [0, 0.1) is 0 Å². The van der Waals surface area contributed by atoms with Crippen LogP contribution in [0.25, 0.3) is 6.08 Å². The third kappa shape index (κ3) is 1.77. The highest BCUT2D eigenvalue weighted by atomic mass is 35.5. The number of phenols is 2. The molecule has 4 heteroatoms. The highest BCUT2D eigenvalue weighted by molar-refractivity contribution is 6.33. The van der Waals surface area contributed by atoms with Crippen LogP contribution in [0.4, 0.5) is 0 Å². The third-order valence-corrected chi connectivity index (χ3v) is 2.12. The van der Waals surface area contributed by atoms with Crippen LogP contribution in [0.3, 0.4) is 0 Å². The molecular weight excluding hydrogens is 204 g/mol. The molecule has 0 bridgehead atoms. The molecule has 1 rings (SSSR count). The number of benzene rings is 1. The van der Waals surface area contributed by atoms with Crippen molar-refractivity contribution in [3.8, 4) is 17.2 Å². The highest BCUT2D eigenvalue weighted by Crippen LogP contribution is 2.43. The Hall–Kier alpha value is -1.35. The van der Waals surface area contributed by atoms with Gasteiger partial charge in [-0.1, -0.05) is 23.8 Å². The summed E-state index contributed by atoms with van der Waals surface area (Å²) in [5, 5.41) is 19.1. The lowest BCUT2D eigenvalue weighted by Gasteiger charge is -2.09. The maximum absolute atomic E-state index is 9.65. The van der Waals surface area contributed by atoms with Crippen LogP contribution >= 0.6 is 11.6 Å². The summed E-state index contributed by atoms with van der Waals surface area (Å²) >= 11 is 5.71. The largest absolute Gasteiger partial charge is 0.506 e. The molecule has 14 heavy (non-hydrogen) atoms. The molecule has 0 atom stereocenters. The first-order valence-corrected chi connectivity index (χ1v) is 4.40. The smallest absolute Gasteiger partial charge is 0.183 e. The summed E-state index contributed by atoms with van der Waals surface area (Å²) in [7, 11) is 1.37. The topological polar surface area (TPSA) is 49.7 Å². The first kappa shape index (κ1) is 10.7. The first-order valence-electron chi connectivity index (χ1n) is 4.03. The van der Waals surface area contributed by atoms with Gasteiger partial charge in [0.1, 0.15) is 10.8 Å². The minimum atomic E-state index is -0.116. The molecule has 0 aliphatic heterocycles. The molecule has 2 N–H and O–H groups in total. The standard InChI is InChI=1S/C10H11ClO3/c1-3-4-6-5-7(12)8(11)10(14-2)9(6)13/h3-5,12-13H,1-2H3. The average molecular weight is 215 g/mol. The van der Waals surface area contributed by atoms with Crippen molar-refractivity contribution in [1.82, 2.24) is 0 Å². The van der Waals surface area contributed by atoms with Crippen LogP contribution in [0.15, 0.2) is 12.1 Å². The number of rotatable bonds is 2. The number of phenolic OH excluding ortho intramolecular Hbond substituents is 2. The fraction of sp³-hybridized carbons (Fsp3) is 0.200. The maximum atomic E-state index is 9.65. The van der Waals surface area contributed by atoms with E-state index >= 15 is 0 Å². The van der Waals surface area contributed by atoms with Gasteiger partial charge in [-0.25, -0.2) is 0 Å². The molecule has 3 nitrogen and oxygen atoms in total. The Morgan fingerprint density at radius 1 is 1.43 bits per heavy atom. The predicted octanol–water partition coefficient (Wildman–Crippen LogP) is 2.79. The molecule has 0 saturated heterocycles. The van der Waals surface area contributed by atoms with Gasteiger partial charge in [-0.15, -0.1) is 0 Å². The van der Waals surface area contributed by atoms with Crippen molar-refractivity contribution >= 4 is 17.7 Å². The molecule has 0 spiro atoms. The third-order valence-electron chi connectivity index (χ3n) is 1.76. The quantitative estimate of drug-likeness (QED) is 0.745. The normalized spacial score (nSPS) is 10.8. The number of hydrogen-bond acceptors (Lipinski definition) is 3. The SMILES string of the molecule is CC=Cc1cc(O)c(Cl)c(OC)c1O. The lowest BCUT2D eigenvalue weighted by Crippen LogP contribution is -1.88. The molecule has 0 aliphatic carbocycles. The first-order chi connectivity index (χ1) is 6.61. The van der Waals surface area contributed by atoms with Gasteiger partial charge in [0.15, 0.2) is 11.5 Å². The van der Waals surface area contributed by atoms with E-state index in [-0.39, 0.29) is 22.3 Å². The van der Waals surface area contributed by atoms with Crippen molar-refractivity contribution in [1.29, 1.82) is 0 Å². The molecule has 1 aromatic rings. The number of halogens is 1. The monoisotopic (exact) mass is 214 g/mol. The number of aromatic hydroxyl groups is 2. The molecule has 0 aromatic heterocycles. The van der Waals surface area contributed by atoms with E-state index in [1.54, 1.807) is 19.1 Å². The van der Waals surface area contributed by atoms with Gasteiger partial charge in [-0.3, -0.25) is 0 Å². The van der Waals surface area contributed by atoms with Crippen LogP contribution < -0.4 is 4.74 Å². The molecule has 1 aromatic carbocycles. The van der Waals surface area contributed by atoms with E-state index in [2.05, 4.69) is 0 Å². The fourth-order valence-electron chi connectivity index (χ4n) is 1.12. The predicted molar refractivity (Wildman–Crippen MR) is 56.0 cm³/mol. The van der Waals surface area contributed by atoms with Crippen LogP contribution in [0.2, 0.25) is 5.02 Å². The second-order valence-electron chi connectivity index (χ2n) is 2.68. The van der Waals surface area contributed by atoms with E-state index in [1.807, 2.05) is 0 Å². The van der Waals surface area contributed by atoms with Gasteiger partial charge in [-0.05, 0) is 13.0 Å². The second-order valence-corrected chi connectivity index (χ2v) is 3.06. The van der Waals surface area contributed by atoms with Gasteiger partial charge >= 0.3 is 0 Å². The number of allylic oxidation sites excluding steroid dienone is 1. The van der Waals surface area contributed by atoms with Crippen molar-refractivity contribution in [3.05, 3.63) is 22.7 Å². The Bertz CT molecular complexity index is 372. The molecule has 0 fully saturated rings. The Balaban J connectivity index is 3.42. The summed E-state index contributed by atoms with van der Waals surface area (Å²) in [6.45, 7) is 1.80. The van der Waals surface area contributed by atoms with E-state index in [1.165, 1.54) is 13.2 Å². The van der Waals surface area contributed by atoms with Crippen molar-refractivity contribution in [2.45, 2.75) is 6.92 Å². The van der Waals surface area contributed by atoms with Crippen LogP contribution in [-0.4, -0.2) is 17.3 Å². The van der Waals surface area contributed by atoms with E-state index < -0.39 is 0 Å². The number of methoxy groups -OCH3 is 1. The summed E-state index contributed by atoms with van der Waals surface area (Å²) in [4.78, 5) is 0. The van der Waals surface area contributed by atoms with E-state index in [9.17, 15) is 10.2 Å². The van der Waals surface area contributed by atoms with Gasteiger partial charge in [-0.2, -0.15) is 0 Å². The summed E-state index contributed by atoms with van der Waals surface area (Å²) in [6, 6.07) is 1.38. The molecule has 0 aliphatic rings. The van der Waals surface area contributed by atoms with Gasteiger partial charge < -0.3 is 14.9 Å². The van der Waals surface area contributed by atoms with Crippen molar-refractivity contribution in [2.24, 2.45) is 0 Å². The summed E-state index contributed by atoms with van der Waals surface area (Å²) < 4.78 is 4.87. The van der Waals surface area contributed by atoms with Crippen LogP contribution in [-0.2, 0) is 0 Å². The Labute approximate surface area is 87.2 Å². The maximum Gasteiger partial charge on any atom is 0.183 e. The highest BCUT2D eigenvalue weighted by Gasteiger charge is 2.14. The lowest BCUT2D eigenvalue weighted by atomic mass is 10.1. The Kier molecular flexibility index (Phi) is 3.25.